The van der Waals surface area contributed by atoms with Gasteiger partial charge >= 0.3 is 0 Å². The van der Waals surface area contributed by atoms with E-state index in [-0.39, 0.29) is 0 Å². The van der Waals surface area contributed by atoms with Gasteiger partial charge in [0.15, 0.2) is 0 Å². The van der Waals surface area contributed by atoms with Crippen molar-refractivity contribution in [2.24, 2.45) is 0 Å². The standard InChI is InChI=1S/C18H27ClN2/c1-14(2)8-11-21-12-9-18(10-13-21)20-15(3)16-4-6-17(19)7-5-16/h4-8,15,18,20H,9-13H2,1-3H3. The van der Waals surface area contributed by atoms with Crippen molar-refractivity contribution in [2.75, 3.05) is 19.6 Å². The maximum Gasteiger partial charge on any atom is 0.0406 e. The molecule has 21 heavy (non-hydrogen) atoms. The zero-order valence-electron chi connectivity index (χ0n) is 13.4. The van der Waals surface area contributed by atoms with Crippen LogP contribution >= 0.6 is 11.6 Å². The van der Waals surface area contributed by atoms with Crippen molar-refractivity contribution < 1.29 is 0 Å². The van der Waals surface area contributed by atoms with E-state index in [1.165, 1.54) is 37.1 Å². The molecule has 1 N–H and O–H groups in total. The molecule has 0 bridgehead atoms. The largest absolute Gasteiger partial charge is 0.307 e. The fourth-order valence-corrected chi connectivity index (χ4v) is 2.92. The number of nitrogens with one attached hydrogen (secondary N) is 1. The molecule has 3 heteroatoms. The molecule has 1 aliphatic heterocycles. The SMILES string of the molecule is CC(C)=CCN1CCC(NC(C)c2ccc(Cl)cc2)CC1. The quantitative estimate of drug-likeness (QED) is 0.810. The Morgan fingerprint density at radius 1 is 1.29 bits per heavy atom. The lowest BCUT2D eigenvalue weighted by atomic mass is 10.0. The van der Waals surface area contributed by atoms with Crippen molar-refractivity contribution >= 4 is 11.6 Å². The lowest BCUT2D eigenvalue weighted by molar-refractivity contribution is 0.208. The highest BCUT2D eigenvalue weighted by Crippen LogP contribution is 2.19. The van der Waals surface area contributed by atoms with Crippen LogP contribution in [0.4, 0.5) is 0 Å². The van der Waals surface area contributed by atoms with Crippen molar-refractivity contribution in [3.8, 4) is 0 Å². The molecule has 116 valence electrons. The highest BCUT2D eigenvalue weighted by Gasteiger charge is 2.20. The molecule has 1 atom stereocenters. The van der Waals surface area contributed by atoms with Crippen molar-refractivity contribution in [3.63, 3.8) is 0 Å². The highest BCUT2D eigenvalue weighted by molar-refractivity contribution is 6.30. The number of nitrogens with zero attached hydrogens (tertiary/aromatic N) is 1. The van der Waals surface area contributed by atoms with Gasteiger partial charge in [0, 0.05) is 23.7 Å². The molecule has 1 unspecified atom stereocenters. The minimum Gasteiger partial charge on any atom is -0.307 e. The third-order valence-corrected chi connectivity index (χ3v) is 4.45. The number of likely N-dealkylation sites (tertiary alicyclic amines) is 1. The Hall–Kier alpha value is -0.830. The van der Waals surface area contributed by atoms with Crippen molar-refractivity contribution in [2.45, 2.75) is 45.7 Å². The lowest BCUT2D eigenvalue weighted by Gasteiger charge is -2.33. The summed E-state index contributed by atoms with van der Waals surface area (Å²) >= 11 is 5.95. The Bertz CT molecular complexity index is 455. The van der Waals surface area contributed by atoms with Crippen LogP contribution in [0.3, 0.4) is 0 Å². The Labute approximate surface area is 134 Å². The molecule has 0 amide bonds. The normalized spacial score (nSPS) is 18.5. The molecular weight excluding hydrogens is 280 g/mol. The van der Waals surface area contributed by atoms with Crippen molar-refractivity contribution in [1.29, 1.82) is 0 Å². The van der Waals surface area contributed by atoms with Gasteiger partial charge in [-0.25, -0.2) is 0 Å². The van der Waals surface area contributed by atoms with Gasteiger partial charge in [-0.3, -0.25) is 4.90 Å². The maximum atomic E-state index is 5.95. The van der Waals surface area contributed by atoms with E-state index in [0.717, 1.165) is 11.6 Å². The number of hydrogen-bond donors (Lipinski definition) is 1. The van der Waals surface area contributed by atoms with Gasteiger partial charge in [-0.2, -0.15) is 0 Å². The molecule has 1 fully saturated rings. The smallest absolute Gasteiger partial charge is 0.0406 e. The highest BCUT2D eigenvalue weighted by atomic mass is 35.5. The van der Waals surface area contributed by atoms with Gasteiger partial charge in [-0.1, -0.05) is 35.4 Å². The maximum absolute atomic E-state index is 5.95. The summed E-state index contributed by atoms with van der Waals surface area (Å²) in [6.45, 7) is 10.0. The minimum absolute atomic E-state index is 0.386. The van der Waals surface area contributed by atoms with Crippen LogP contribution in [0, 0.1) is 0 Å². The van der Waals surface area contributed by atoms with Gasteiger partial charge in [0.05, 0.1) is 0 Å². The molecule has 0 aliphatic carbocycles. The Morgan fingerprint density at radius 2 is 1.90 bits per heavy atom. The molecule has 0 radical (unpaired) electrons. The number of halogens is 1. The third-order valence-electron chi connectivity index (χ3n) is 4.20. The van der Waals surface area contributed by atoms with Gasteiger partial charge < -0.3 is 5.32 Å². The summed E-state index contributed by atoms with van der Waals surface area (Å²) in [7, 11) is 0. The van der Waals surface area contributed by atoms with E-state index in [1.54, 1.807) is 0 Å². The van der Waals surface area contributed by atoms with E-state index in [1.807, 2.05) is 12.1 Å². The molecule has 2 nitrogen and oxygen atoms in total. The number of hydrogen-bond acceptors (Lipinski definition) is 2. The van der Waals surface area contributed by atoms with E-state index in [2.05, 4.69) is 49.2 Å². The second-order valence-corrected chi connectivity index (χ2v) is 6.73. The van der Waals surface area contributed by atoms with Gasteiger partial charge in [0.25, 0.3) is 0 Å². The van der Waals surface area contributed by atoms with E-state index in [9.17, 15) is 0 Å². The van der Waals surface area contributed by atoms with Crippen LogP contribution in [0.25, 0.3) is 0 Å². The molecular formula is C18H27ClN2. The molecule has 0 saturated carbocycles. The number of piperidine rings is 1. The molecule has 0 aromatic heterocycles. The van der Waals surface area contributed by atoms with Gasteiger partial charge in [-0.05, 0) is 64.4 Å². The zero-order valence-corrected chi connectivity index (χ0v) is 14.2. The van der Waals surface area contributed by atoms with Crippen LogP contribution in [0.15, 0.2) is 35.9 Å². The van der Waals surface area contributed by atoms with Gasteiger partial charge in [0.2, 0.25) is 0 Å². The molecule has 1 aromatic rings. The van der Waals surface area contributed by atoms with E-state index in [0.29, 0.717) is 12.1 Å². The average molecular weight is 307 g/mol. The first-order chi connectivity index (χ1) is 10.0. The average Bonchev–Trinajstić information content (AvgIpc) is 2.47. The summed E-state index contributed by atoms with van der Waals surface area (Å²) in [4.78, 5) is 2.54. The number of rotatable bonds is 5. The second kappa shape index (κ2) is 7.98. The summed E-state index contributed by atoms with van der Waals surface area (Å²) in [6, 6.07) is 9.18. The number of allylic oxidation sites excluding steroid dienone is 1. The van der Waals surface area contributed by atoms with Gasteiger partial charge in [-0.15, -0.1) is 0 Å². The van der Waals surface area contributed by atoms with Crippen molar-refractivity contribution in [3.05, 3.63) is 46.5 Å². The summed E-state index contributed by atoms with van der Waals surface area (Å²) in [5.74, 6) is 0. The molecule has 2 rings (SSSR count). The van der Waals surface area contributed by atoms with E-state index in [4.69, 9.17) is 11.6 Å². The van der Waals surface area contributed by atoms with E-state index >= 15 is 0 Å². The first kappa shape index (κ1) is 16.5. The third kappa shape index (κ3) is 5.46. The Balaban J connectivity index is 1.78. The minimum atomic E-state index is 0.386. The van der Waals surface area contributed by atoms with Crippen molar-refractivity contribution in [1.82, 2.24) is 10.2 Å². The molecule has 1 aliphatic rings. The summed E-state index contributed by atoms with van der Waals surface area (Å²) in [5.41, 5.74) is 2.72. The number of benzene rings is 1. The first-order valence-electron chi connectivity index (χ1n) is 7.92. The molecule has 1 heterocycles. The van der Waals surface area contributed by atoms with E-state index < -0.39 is 0 Å². The fourth-order valence-electron chi connectivity index (χ4n) is 2.80. The second-order valence-electron chi connectivity index (χ2n) is 6.30. The molecule has 0 spiro atoms. The van der Waals surface area contributed by atoms with Crippen LogP contribution in [-0.2, 0) is 0 Å². The lowest BCUT2D eigenvalue weighted by Crippen LogP contribution is -2.43. The first-order valence-corrected chi connectivity index (χ1v) is 8.29. The summed E-state index contributed by atoms with van der Waals surface area (Å²) in [5, 5.41) is 4.56. The monoisotopic (exact) mass is 306 g/mol. The van der Waals surface area contributed by atoms with Gasteiger partial charge in [0.1, 0.15) is 0 Å². The van der Waals surface area contributed by atoms with Crippen LogP contribution in [0.5, 0.6) is 0 Å². The summed E-state index contributed by atoms with van der Waals surface area (Å²) < 4.78 is 0. The zero-order chi connectivity index (χ0) is 15.2. The summed E-state index contributed by atoms with van der Waals surface area (Å²) in [6.07, 6.45) is 4.78. The Kier molecular flexibility index (Phi) is 6.28. The molecule has 1 aromatic carbocycles. The van der Waals surface area contributed by atoms with Crippen LogP contribution in [-0.4, -0.2) is 30.6 Å². The predicted octanol–water partition coefficient (Wildman–Crippen LogP) is 4.42. The fraction of sp³-hybridized carbons (Fsp3) is 0.556. The Morgan fingerprint density at radius 3 is 2.48 bits per heavy atom. The predicted molar refractivity (Wildman–Crippen MR) is 91.9 cm³/mol. The molecule has 1 saturated heterocycles. The van der Waals surface area contributed by atoms with Crippen LogP contribution in [0.1, 0.15) is 45.2 Å². The topological polar surface area (TPSA) is 15.3 Å². The van der Waals surface area contributed by atoms with Crippen LogP contribution < -0.4 is 5.32 Å². The van der Waals surface area contributed by atoms with Crippen LogP contribution in [0.2, 0.25) is 5.02 Å².